The van der Waals surface area contributed by atoms with E-state index in [-0.39, 0.29) is 0 Å². The number of aromatic nitrogens is 3. The number of pyridine rings is 1. The molecule has 2 aromatic heterocycles. The van der Waals surface area contributed by atoms with Crippen molar-refractivity contribution < 1.29 is 0 Å². The van der Waals surface area contributed by atoms with Crippen LogP contribution in [0.15, 0.2) is 30.7 Å². The molecule has 18 heavy (non-hydrogen) atoms. The van der Waals surface area contributed by atoms with E-state index in [4.69, 9.17) is 11.6 Å². The third-order valence-electron chi connectivity index (χ3n) is 2.39. The first kappa shape index (κ1) is 12.9. The van der Waals surface area contributed by atoms with Gasteiger partial charge < -0.3 is 5.32 Å². The van der Waals surface area contributed by atoms with Gasteiger partial charge in [0, 0.05) is 36.7 Å². The molecule has 1 N–H and O–H groups in total. The highest BCUT2D eigenvalue weighted by atomic mass is 35.5. The number of hydrogen-bond donors (Lipinski definition) is 1. The van der Waals surface area contributed by atoms with Gasteiger partial charge in [-0.2, -0.15) is 0 Å². The van der Waals surface area contributed by atoms with Crippen LogP contribution in [0, 0.1) is 0 Å². The highest BCUT2D eigenvalue weighted by Gasteiger charge is 2.07. The van der Waals surface area contributed by atoms with Crippen molar-refractivity contribution in [2.24, 2.45) is 0 Å². The highest BCUT2D eigenvalue weighted by Crippen LogP contribution is 2.21. The predicted molar refractivity (Wildman–Crippen MR) is 72.2 cm³/mol. The molecule has 0 radical (unpaired) electrons. The molecule has 0 amide bonds. The molecule has 2 heterocycles. The maximum absolute atomic E-state index is 6.05. The van der Waals surface area contributed by atoms with Crippen molar-refractivity contribution in [1.29, 1.82) is 0 Å². The Hall–Kier alpha value is -1.52. The lowest BCUT2D eigenvalue weighted by atomic mass is 10.3. The number of hydrogen-bond acceptors (Lipinski definition) is 4. The molecule has 5 heteroatoms. The average Bonchev–Trinajstić information content (AvgIpc) is 2.38. The molecule has 0 aliphatic rings. The zero-order valence-electron chi connectivity index (χ0n) is 10.4. The summed E-state index contributed by atoms with van der Waals surface area (Å²) in [4.78, 5) is 12.8. The van der Waals surface area contributed by atoms with Crippen molar-refractivity contribution in [1.82, 2.24) is 20.3 Å². The van der Waals surface area contributed by atoms with Crippen molar-refractivity contribution in [3.63, 3.8) is 0 Å². The number of nitrogens with one attached hydrogen (secondary N) is 1. The van der Waals surface area contributed by atoms with E-state index >= 15 is 0 Å². The zero-order valence-corrected chi connectivity index (χ0v) is 11.1. The van der Waals surface area contributed by atoms with Crippen LogP contribution in [-0.4, -0.2) is 21.0 Å². The summed E-state index contributed by atoms with van der Waals surface area (Å²) < 4.78 is 0. The summed E-state index contributed by atoms with van der Waals surface area (Å²) in [6.45, 7) is 4.96. The Bertz CT molecular complexity index is 511. The maximum Gasteiger partial charge on any atom is 0.179 e. The Morgan fingerprint density at radius 3 is 2.56 bits per heavy atom. The third kappa shape index (κ3) is 3.24. The van der Waals surface area contributed by atoms with Crippen molar-refractivity contribution in [3.05, 3.63) is 41.3 Å². The van der Waals surface area contributed by atoms with Gasteiger partial charge in [-0.1, -0.05) is 25.4 Å². The molecule has 0 saturated heterocycles. The fourth-order valence-corrected chi connectivity index (χ4v) is 1.65. The maximum atomic E-state index is 6.05. The molecule has 0 aliphatic carbocycles. The summed E-state index contributed by atoms with van der Waals surface area (Å²) >= 11 is 6.05. The SMILES string of the molecule is CC(C)NCc1cnc(-c2ncccc2Cl)nc1. The molecule has 2 rings (SSSR count). The van der Waals surface area contributed by atoms with Crippen molar-refractivity contribution in [3.8, 4) is 11.5 Å². The molecule has 0 atom stereocenters. The number of halogens is 1. The van der Waals surface area contributed by atoms with Gasteiger partial charge in [-0.25, -0.2) is 9.97 Å². The Morgan fingerprint density at radius 2 is 1.94 bits per heavy atom. The van der Waals surface area contributed by atoms with Crippen LogP contribution in [0.25, 0.3) is 11.5 Å². The molecule has 0 aliphatic heterocycles. The first-order valence-corrected chi connectivity index (χ1v) is 6.20. The lowest BCUT2D eigenvalue weighted by Crippen LogP contribution is -2.22. The minimum absolute atomic E-state index is 0.440. The van der Waals surface area contributed by atoms with Gasteiger partial charge in [0.15, 0.2) is 5.82 Å². The predicted octanol–water partition coefficient (Wildman–Crippen LogP) is 2.69. The fourth-order valence-electron chi connectivity index (χ4n) is 1.44. The number of nitrogens with zero attached hydrogens (tertiary/aromatic N) is 3. The first-order valence-electron chi connectivity index (χ1n) is 5.82. The van der Waals surface area contributed by atoms with Crippen LogP contribution in [0.4, 0.5) is 0 Å². The van der Waals surface area contributed by atoms with Crippen molar-refractivity contribution >= 4 is 11.6 Å². The van der Waals surface area contributed by atoms with E-state index in [9.17, 15) is 0 Å². The van der Waals surface area contributed by atoms with E-state index in [0.717, 1.165) is 12.1 Å². The lowest BCUT2D eigenvalue weighted by Gasteiger charge is -2.07. The highest BCUT2D eigenvalue weighted by molar-refractivity contribution is 6.32. The van der Waals surface area contributed by atoms with Gasteiger partial charge in [0.25, 0.3) is 0 Å². The van der Waals surface area contributed by atoms with Crippen LogP contribution in [0.3, 0.4) is 0 Å². The summed E-state index contributed by atoms with van der Waals surface area (Å²) in [7, 11) is 0. The molecular weight excluding hydrogens is 248 g/mol. The Kier molecular flexibility index (Phi) is 4.23. The number of rotatable bonds is 4. The molecule has 2 aromatic rings. The van der Waals surface area contributed by atoms with Crippen LogP contribution in [-0.2, 0) is 6.54 Å². The van der Waals surface area contributed by atoms with Gasteiger partial charge in [-0.05, 0) is 12.1 Å². The standard InChI is InChI=1S/C13H15ClN4/c1-9(2)16-6-10-7-17-13(18-8-10)12-11(14)4-3-5-15-12/h3-5,7-9,16H,6H2,1-2H3. The molecule has 0 fully saturated rings. The second kappa shape index (κ2) is 5.89. The quantitative estimate of drug-likeness (QED) is 0.920. The van der Waals surface area contributed by atoms with E-state index in [0.29, 0.717) is 22.6 Å². The summed E-state index contributed by atoms with van der Waals surface area (Å²) in [5.74, 6) is 0.550. The minimum Gasteiger partial charge on any atom is -0.310 e. The second-order valence-corrected chi connectivity index (χ2v) is 4.69. The summed E-state index contributed by atoms with van der Waals surface area (Å²) in [6, 6.07) is 4.00. The minimum atomic E-state index is 0.440. The third-order valence-corrected chi connectivity index (χ3v) is 2.70. The van der Waals surface area contributed by atoms with Gasteiger partial charge >= 0.3 is 0 Å². The van der Waals surface area contributed by atoms with Crippen LogP contribution >= 0.6 is 11.6 Å². The van der Waals surface area contributed by atoms with Crippen molar-refractivity contribution in [2.45, 2.75) is 26.4 Å². The summed E-state index contributed by atoms with van der Waals surface area (Å²) in [6.07, 6.45) is 5.27. The first-order chi connectivity index (χ1) is 8.66. The van der Waals surface area contributed by atoms with Gasteiger partial charge in [0.1, 0.15) is 5.69 Å². The smallest absolute Gasteiger partial charge is 0.179 e. The Labute approximate surface area is 111 Å². The van der Waals surface area contributed by atoms with Crippen molar-refractivity contribution in [2.75, 3.05) is 0 Å². The van der Waals surface area contributed by atoms with Crippen LogP contribution < -0.4 is 5.32 Å². The molecule has 0 bridgehead atoms. The zero-order chi connectivity index (χ0) is 13.0. The van der Waals surface area contributed by atoms with E-state index in [1.807, 2.05) is 0 Å². The van der Waals surface area contributed by atoms with Crippen LogP contribution in [0.5, 0.6) is 0 Å². The average molecular weight is 263 g/mol. The summed E-state index contributed by atoms with van der Waals surface area (Å²) in [5.41, 5.74) is 1.65. The van der Waals surface area contributed by atoms with E-state index in [1.165, 1.54) is 0 Å². The van der Waals surface area contributed by atoms with Crippen LogP contribution in [0.1, 0.15) is 19.4 Å². The van der Waals surface area contributed by atoms with Gasteiger partial charge in [0.2, 0.25) is 0 Å². The van der Waals surface area contributed by atoms with E-state index in [1.54, 1.807) is 30.7 Å². The Balaban J connectivity index is 2.15. The summed E-state index contributed by atoms with van der Waals surface area (Å²) in [5, 5.41) is 3.87. The van der Waals surface area contributed by atoms with Gasteiger partial charge in [0.05, 0.1) is 5.02 Å². The van der Waals surface area contributed by atoms with E-state index in [2.05, 4.69) is 34.1 Å². The second-order valence-electron chi connectivity index (χ2n) is 4.28. The monoisotopic (exact) mass is 262 g/mol. The lowest BCUT2D eigenvalue weighted by molar-refractivity contribution is 0.587. The molecule has 94 valence electrons. The molecule has 0 spiro atoms. The van der Waals surface area contributed by atoms with Gasteiger partial charge in [-0.3, -0.25) is 4.98 Å². The molecular formula is C13H15ClN4. The normalized spacial score (nSPS) is 10.9. The molecule has 0 unspecified atom stereocenters. The van der Waals surface area contributed by atoms with E-state index < -0.39 is 0 Å². The fraction of sp³-hybridized carbons (Fsp3) is 0.308. The van der Waals surface area contributed by atoms with Gasteiger partial charge in [-0.15, -0.1) is 0 Å². The van der Waals surface area contributed by atoms with Crippen LogP contribution in [0.2, 0.25) is 5.02 Å². The topological polar surface area (TPSA) is 50.7 Å². The molecule has 0 aromatic carbocycles. The largest absolute Gasteiger partial charge is 0.310 e. The molecule has 4 nitrogen and oxygen atoms in total. The Morgan fingerprint density at radius 1 is 1.22 bits per heavy atom. The molecule has 0 saturated carbocycles.